The number of hydrogen-bond donors (Lipinski definition) is 0. The fourth-order valence-corrected chi connectivity index (χ4v) is 5.62. The Bertz CT molecular complexity index is 1180. The van der Waals surface area contributed by atoms with E-state index < -0.39 is 12.1 Å². The molecule has 0 N–H and O–H groups in total. The molecule has 10 nitrogen and oxygen atoms in total. The maximum Gasteiger partial charge on any atom is 0.251 e. The summed E-state index contributed by atoms with van der Waals surface area (Å²) in [4.78, 5) is 59.4. The van der Waals surface area contributed by atoms with Gasteiger partial charge >= 0.3 is 0 Å². The summed E-state index contributed by atoms with van der Waals surface area (Å²) in [6.45, 7) is 7.04. The molecule has 0 radical (unpaired) electrons. The highest BCUT2D eigenvalue weighted by molar-refractivity contribution is 6.23. The third-order valence-corrected chi connectivity index (χ3v) is 7.61. The number of piperazine rings is 1. The van der Waals surface area contributed by atoms with Crippen LogP contribution in [0.4, 0.5) is 11.4 Å². The molecule has 0 unspecified atom stereocenters. The van der Waals surface area contributed by atoms with Crippen LogP contribution in [0.15, 0.2) is 48.5 Å². The second-order valence-corrected chi connectivity index (χ2v) is 10.3. The summed E-state index contributed by atoms with van der Waals surface area (Å²) < 4.78 is 11.6. The Hall–Kier alpha value is -3.76. The normalized spacial score (nSPS) is 22.4. The van der Waals surface area contributed by atoms with Crippen molar-refractivity contribution in [3.63, 3.8) is 0 Å². The van der Waals surface area contributed by atoms with Crippen LogP contribution in [-0.2, 0) is 19.2 Å². The van der Waals surface area contributed by atoms with Crippen LogP contribution < -0.4 is 19.3 Å². The van der Waals surface area contributed by atoms with Crippen LogP contribution in [0.1, 0.15) is 39.5 Å². The number of ether oxygens (including phenoxy) is 2. The second-order valence-electron chi connectivity index (χ2n) is 10.3. The first-order chi connectivity index (χ1) is 19.4. The third-order valence-electron chi connectivity index (χ3n) is 7.61. The van der Waals surface area contributed by atoms with Gasteiger partial charge in [0, 0.05) is 26.2 Å². The quantitative estimate of drug-likeness (QED) is 0.418. The number of nitrogens with zero attached hydrogens (tertiary/aromatic N) is 4. The molecule has 0 aliphatic carbocycles. The van der Waals surface area contributed by atoms with Crippen molar-refractivity contribution in [2.75, 3.05) is 49.2 Å². The molecule has 0 bridgehead atoms. The predicted octanol–water partition coefficient (Wildman–Crippen LogP) is 2.85. The Kier molecular flexibility index (Phi) is 8.46. The van der Waals surface area contributed by atoms with Gasteiger partial charge in [-0.1, -0.05) is 38.1 Å². The zero-order valence-electron chi connectivity index (χ0n) is 23.1. The molecule has 2 atom stereocenters. The third kappa shape index (κ3) is 5.33. The number of hydrogen-bond acceptors (Lipinski definition) is 8. The first kappa shape index (κ1) is 27.8. The lowest BCUT2D eigenvalue weighted by atomic mass is 10.1. The van der Waals surface area contributed by atoms with Crippen LogP contribution >= 0.6 is 0 Å². The lowest BCUT2D eigenvalue weighted by molar-refractivity contribution is -0.126. The lowest BCUT2D eigenvalue weighted by Crippen LogP contribution is -2.56. The number of para-hydroxylation sites is 4. The molecule has 0 aromatic heterocycles. The average molecular weight is 549 g/mol. The molecule has 10 heteroatoms. The SMILES string of the molecule is CCCOc1ccccc1N1C(=O)C[C@@H](N2CCN([C@H]3CC(=O)N(c4ccccc4OCCC)C3=O)CC2)C1=O. The summed E-state index contributed by atoms with van der Waals surface area (Å²) in [6.07, 6.45) is 1.83. The Morgan fingerprint density at radius 3 is 1.38 bits per heavy atom. The van der Waals surface area contributed by atoms with E-state index >= 15 is 0 Å². The highest BCUT2D eigenvalue weighted by Crippen LogP contribution is 2.35. The largest absolute Gasteiger partial charge is 0.491 e. The van der Waals surface area contributed by atoms with Gasteiger partial charge in [0.15, 0.2) is 0 Å². The Balaban J connectivity index is 1.24. The summed E-state index contributed by atoms with van der Waals surface area (Å²) >= 11 is 0. The minimum absolute atomic E-state index is 0.101. The number of benzene rings is 2. The molecule has 0 spiro atoms. The van der Waals surface area contributed by atoms with E-state index in [9.17, 15) is 19.2 Å². The van der Waals surface area contributed by atoms with Crippen LogP contribution in [-0.4, -0.2) is 84.9 Å². The van der Waals surface area contributed by atoms with Crippen molar-refractivity contribution in [2.45, 2.75) is 51.6 Å². The van der Waals surface area contributed by atoms with E-state index in [0.29, 0.717) is 62.3 Å². The number of imide groups is 2. The summed E-state index contributed by atoms with van der Waals surface area (Å²) in [5.74, 6) is 0.0301. The van der Waals surface area contributed by atoms with Crippen molar-refractivity contribution in [1.82, 2.24) is 9.80 Å². The molecule has 40 heavy (non-hydrogen) atoms. The fourth-order valence-electron chi connectivity index (χ4n) is 5.62. The van der Waals surface area contributed by atoms with E-state index in [1.165, 1.54) is 9.80 Å². The maximum atomic E-state index is 13.5. The molecule has 3 heterocycles. The molecule has 3 aliphatic rings. The van der Waals surface area contributed by atoms with Gasteiger partial charge in [-0.3, -0.25) is 29.0 Å². The second kappa shape index (κ2) is 12.2. The van der Waals surface area contributed by atoms with E-state index in [0.717, 1.165) is 12.8 Å². The molecule has 5 rings (SSSR count). The minimum atomic E-state index is -0.561. The topological polar surface area (TPSA) is 99.7 Å². The summed E-state index contributed by atoms with van der Waals surface area (Å²) in [6, 6.07) is 13.1. The smallest absolute Gasteiger partial charge is 0.251 e. The molecule has 3 saturated heterocycles. The van der Waals surface area contributed by atoms with Gasteiger partial charge in [-0.25, -0.2) is 9.80 Å². The summed E-state index contributed by atoms with van der Waals surface area (Å²) in [5.41, 5.74) is 0.955. The number of anilines is 2. The molecule has 4 amide bonds. The standard InChI is InChI=1S/C30H36N4O6/c1-3-17-39-25-11-7-5-9-21(25)33-27(35)19-23(29(33)37)31-13-15-32(16-14-31)24-20-28(36)34(30(24)38)22-10-6-8-12-26(22)40-18-4-2/h5-12,23-24H,3-4,13-20H2,1-2H3/t23-,24+. The highest BCUT2D eigenvalue weighted by Gasteiger charge is 2.47. The lowest BCUT2D eigenvalue weighted by Gasteiger charge is -2.38. The van der Waals surface area contributed by atoms with Gasteiger partial charge in [0.1, 0.15) is 11.5 Å². The van der Waals surface area contributed by atoms with Crippen LogP contribution in [0.5, 0.6) is 11.5 Å². The van der Waals surface area contributed by atoms with Crippen molar-refractivity contribution in [1.29, 1.82) is 0 Å². The molecule has 212 valence electrons. The zero-order valence-corrected chi connectivity index (χ0v) is 23.1. The van der Waals surface area contributed by atoms with Crippen molar-refractivity contribution >= 4 is 35.0 Å². The van der Waals surface area contributed by atoms with Gasteiger partial charge in [-0.05, 0) is 37.1 Å². The van der Waals surface area contributed by atoms with Crippen molar-refractivity contribution in [2.24, 2.45) is 0 Å². The van der Waals surface area contributed by atoms with Gasteiger partial charge < -0.3 is 9.47 Å². The van der Waals surface area contributed by atoms with Gasteiger partial charge in [0.05, 0.1) is 49.5 Å². The van der Waals surface area contributed by atoms with Crippen molar-refractivity contribution in [3.8, 4) is 11.5 Å². The van der Waals surface area contributed by atoms with Crippen LogP contribution in [0.25, 0.3) is 0 Å². The van der Waals surface area contributed by atoms with Crippen molar-refractivity contribution < 1.29 is 28.7 Å². The Morgan fingerprint density at radius 1 is 0.625 bits per heavy atom. The van der Waals surface area contributed by atoms with E-state index in [-0.39, 0.29) is 36.5 Å². The van der Waals surface area contributed by atoms with E-state index in [2.05, 4.69) is 0 Å². The molecule has 2 aromatic rings. The number of rotatable bonds is 10. The number of amides is 4. The van der Waals surface area contributed by atoms with Crippen LogP contribution in [0.3, 0.4) is 0 Å². The van der Waals surface area contributed by atoms with Crippen LogP contribution in [0, 0.1) is 0 Å². The van der Waals surface area contributed by atoms with Gasteiger partial charge in [0.2, 0.25) is 11.8 Å². The monoisotopic (exact) mass is 548 g/mol. The van der Waals surface area contributed by atoms with Crippen LogP contribution in [0.2, 0.25) is 0 Å². The van der Waals surface area contributed by atoms with Gasteiger partial charge in [-0.15, -0.1) is 0 Å². The predicted molar refractivity (Wildman–Crippen MR) is 149 cm³/mol. The number of carbonyl (C=O) groups is 4. The molecule has 3 aliphatic heterocycles. The molecule has 3 fully saturated rings. The number of carbonyl (C=O) groups excluding carboxylic acids is 4. The average Bonchev–Trinajstić information content (AvgIpc) is 3.44. The van der Waals surface area contributed by atoms with E-state index in [4.69, 9.17) is 9.47 Å². The van der Waals surface area contributed by atoms with E-state index in [1.54, 1.807) is 36.4 Å². The van der Waals surface area contributed by atoms with E-state index in [1.807, 2.05) is 35.8 Å². The molecule has 0 saturated carbocycles. The molecular formula is C30H36N4O6. The highest BCUT2D eigenvalue weighted by atomic mass is 16.5. The van der Waals surface area contributed by atoms with Crippen molar-refractivity contribution in [3.05, 3.63) is 48.5 Å². The first-order valence-electron chi connectivity index (χ1n) is 14.1. The summed E-state index contributed by atoms with van der Waals surface area (Å²) in [5, 5.41) is 0. The first-order valence-corrected chi connectivity index (χ1v) is 14.1. The zero-order chi connectivity index (χ0) is 28.2. The fraction of sp³-hybridized carbons (Fsp3) is 0.467. The van der Waals surface area contributed by atoms with Gasteiger partial charge in [-0.2, -0.15) is 0 Å². The minimum Gasteiger partial charge on any atom is -0.491 e. The maximum absolute atomic E-state index is 13.5. The Morgan fingerprint density at radius 2 is 1.00 bits per heavy atom. The van der Waals surface area contributed by atoms with Gasteiger partial charge in [0.25, 0.3) is 11.8 Å². The molecular weight excluding hydrogens is 512 g/mol. The summed E-state index contributed by atoms with van der Waals surface area (Å²) in [7, 11) is 0. The Labute approximate surface area is 234 Å². The molecule has 2 aromatic carbocycles.